The summed E-state index contributed by atoms with van der Waals surface area (Å²) in [7, 11) is 1.51. The van der Waals surface area contributed by atoms with Gasteiger partial charge in [-0.05, 0) is 55.5 Å². The molecule has 0 saturated carbocycles. The number of hydrogen-bond acceptors (Lipinski definition) is 5. The number of fused-ring (bicyclic) bond motifs is 1. The van der Waals surface area contributed by atoms with Crippen LogP contribution in [0.25, 0.3) is 0 Å². The van der Waals surface area contributed by atoms with Gasteiger partial charge in [-0.3, -0.25) is 4.79 Å². The number of benzene rings is 2. The topological polar surface area (TPSA) is 70.9 Å². The van der Waals surface area contributed by atoms with E-state index in [1.165, 1.54) is 12.0 Å². The lowest BCUT2D eigenvalue weighted by Crippen LogP contribution is -2.14. The zero-order valence-corrected chi connectivity index (χ0v) is 17.0. The summed E-state index contributed by atoms with van der Waals surface area (Å²) in [6.45, 7) is 0. The van der Waals surface area contributed by atoms with Crippen molar-refractivity contribution in [2.24, 2.45) is 4.99 Å². The van der Waals surface area contributed by atoms with E-state index in [9.17, 15) is 9.90 Å². The minimum absolute atomic E-state index is 0.0374. The van der Waals surface area contributed by atoms with Crippen LogP contribution in [0.5, 0.6) is 11.5 Å². The van der Waals surface area contributed by atoms with Crippen molar-refractivity contribution in [1.29, 1.82) is 0 Å². The summed E-state index contributed by atoms with van der Waals surface area (Å²) in [5.74, 6) is 0.287. The summed E-state index contributed by atoms with van der Waals surface area (Å²) in [6.07, 6.45) is 5.67. The SMILES string of the molecule is COc1cccc(C=Nc2sc3c(c2C(=O)Nc2ccccc2)CCCC3)c1O. The molecule has 1 aliphatic carbocycles. The van der Waals surface area contributed by atoms with Crippen LogP contribution < -0.4 is 10.1 Å². The smallest absolute Gasteiger partial charge is 0.259 e. The molecule has 0 bridgehead atoms. The standard InChI is InChI=1S/C23H22N2O3S/c1-28-18-12-7-8-15(21(18)26)14-24-23-20(17-11-5-6-13-19(17)29-23)22(27)25-16-9-3-2-4-10-16/h2-4,7-10,12,14,26H,5-6,11,13H2,1H3,(H,25,27). The molecule has 0 atom stereocenters. The number of hydrogen-bond donors (Lipinski definition) is 2. The molecule has 1 aromatic heterocycles. The van der Waals surface area contributed by atoms with E-state index in [0.717, 1.165) is 36.9 Å². The van der Waals surface area contributed by atoms with Crippen molar-refractivity contribution < 1.29 is 14.6 Å². The molecular weight excluding hydrogens is 384 g/mol. The molecule has 0 fully saturated rings. The van der Waals surface area contributed by atoms with Crippen LogP contribution in [0.1, 0.15) is 39.2 Å². The van der Waals surface area contributed by atoms with Gasteiger partial charge in [0.2, 0.25) is 0 Å². The van der Waals surface area contributed by atoms with Gasteiger partial charge in [-0.25, -0.2) is 4.99 Å². The first-order valence-corrected chi connectivity index (χ1v) is 10.4. The molecule has 0 radical (unpaired) electrons. The number of thiophene rings is 1. The normalized spacial score (nSPS) is 13.3. The average molecular weight is 407 g/mol. The Balaban J connectivity index is 1.70. The second kappa shape index (κ2) is 8.49. The van der Waals surface area contributed by atoms with Crippen LogP contribution in [-0.2, 0) is 12.8 Å². The highest BCUT2D eigenvalue weighted by molar-refractivity contribution is 7.16. The molecule has 4 rings (SSSR count). The van der Waals surface area contributed by atoms with E-state index in [-0.39, 0.29) is 11.7 Å². The molecule has 3 aromatic rings. The molecule has 5 nitrogen and oxygen atoms in total. The van der Waals surface area contributed by atoms with Crippen molar-refractivity contribution >= 4 is 34.1 Å². The van der Waals surface area contributed by atoms with E-state index in [1.54, 1.807) is 35.8 Å². The van der Waals surface area contributed by atoms with Crippen LogP contribution in [0.2, 0.25) is 0 Å². The largest absolute Gasteiger partial charge is 0.504 e. The average Bonchev–Trinajstić information content (AvgIpc) is 3.12. The Bertz CT molecular complexity index is 1060. The highest BCUT2D eigenvalue weighted by Gasteiger charge is 2.25. The van der Waals surface area contributed by atoms with E-state index < -0.39 is 0 Å². The van der Waals surface area contributed by atoms with E-state index in [2.05, 4.69) is 10.3 Å². The number of aryl methyl sites for hydroxylation is 1. The first-order valence-electron chi connectivity index (χ1n) is 9.58. The van der Waals surface area contributed by atoms with Crippen LogP contribution in [0.3, 0.4) is 0 Å². The maximum atomic E-state index is 13.1. The van der Waals surface area contributed by atoms with Gasteiger partial charge in [0.05, 0.1) is 12.7 Å². The highest BCUT2D eigenvalue weighted by atomic mass is 32.1. The molecule has 6 heteroatoms. The summed E-state index contributed by atoms with van der Waals surface area (Å²) < 4.78 is 5.16. The predicted molar refractivity (Wildman–Crippen MR) is 117 cm³/mol. The maximum Gasteiger partial charge on any atom is 0.259 e. The molecule has 1 amide bonds. The molecule has 29 heavy (non-hydrogen) atoms. The fraction of sp³-hybridized carbons (Fsp3) is 0.217. The predicted octanol–water partition coefficient (Wildman–Crippen LogP) is 5.34. The number of aromatic hydroxyl groups is 1. The summed E-state index contributed by atoms with van der Waals surface area (Å²) in [6, 6.07) is 14.7. The third kappa shape index (κ3) is 4.03. The number of phenolic OH excluding ortho intramolecular Hbond substituents is 1. The van der Waals surface area contributed by atoms with Gasteiger partial charge in [0.1, 0.15) is 5.00 Å². The number of para-hydroxylation sites is 2. The van der Waals surface area contributed by atoms with E-state index in [1.807, 2.05) is 30.3 Å². The molecule has 0 saturated heterocycles. The lowest BCUT2D eigenvalue weighted by molar-refractivity contribution is 0.102. The maximum absolute atomic E-state index is 13.1. The zero-order valence-electron chi connectivity index (χ0n) is 16.1. The number of carbonyl (C=O) groups excluding carboxylic acids is 1. The van der Waals surface area contributed by atoms with Gasteiger partial charge in [-0.15, -0.1) is 11.3 Å². The van der Waals surface area contributed by atoms with Crippen molar-refractivity contribution in [3.63, 3.8) is 0 Å². The fourth-order valence-corrected chi connectivity index (χ4v) is 4.76. The first-order chi connectivity index (χ1) is 14.2. The molecule has 0 unspecified atom stereocenters. The molecular formula is C23H22N2O3S. The Hall–Kier alpha value is -3.12. The number of amides is 1. The Morgan fingerprint density at radius 1 is 1.14 bits per heavy atom. The van der Waals surface area contributed by atoms with Crippen LogP contribution >= 0.6 is 11.3 Å². The summed E-state index contributed by atoms with van der Waals surface area (Å²) in [5.41, 5.74) is 3.06. The molecule has 0 aliphatic heterocycles. The summed E-state index contributed by atoms with van der Waals surface area (Å²) >= 11 is 1.56. The molecule has 1 aliphatic rings. The van der Waals surface area contributed by atoms with E-state index in [4.69, 9.17) is 4.74 Å². The van der Waals surface area contributed by atoms with Crippen molar-refractivity contribution in [2.45, 2.75) is 25.7 Å². The van der Waals surface area contributed by atoms with Crippen molar-refractivity contribution in [2.75, 3.05) is 12.4 Å². The van der Waals surface area contributed by atoms with E-state index in [0.29, 0.717) is 21.9 Å². The van der Waals surface area contributed by atoms with Gasteiger partial charge in [0, 0.05) is 22.3 Å². The second-order valence-electron chi connectivity index (χ2n) is 6.87. The van der Waals surface area contributed by atoms with Crippen molar-refractivity contribution in [3.05, 3.63) is 70.1 Å². The number of rotatable bonds is 5. The molecule has 1 heterocycles. The third-order valence-electron chi connectivity index (χ3n) is 4.98. The van der Waals surface area contributed by atoms with Crippen molar-refractivity contribution in [3.8, 4) is 11.5 Å². The van der Waals surface area contributed by atoms with Crippen molar-refractivity contribution in [1.82, 2.24) is 0 Å². The van der Waals surface area contributed by atoms with Gasteiger partial charge in [0.25, 0.3) is 5.91 Å². The Kier molecular flexibility index (Phi) is 5.62. The van der Waals surface area contributed by atoms with Gasteiger partial charge >= 0.3 is 0 Å². The highest BCUT2D eigenvalue weighted by Crippen LogP contribution is 2.40. The van der Waals surface area contributed by atoms with Crippen LogP contribution in [0.4, 0.5) is 10.7 Å². The number of ether oxygens (including phenoxy) is 1. The molecule has 148 valence electrons. The lowest BCUT2D eigenvalue weighted by atomic mass is 9.95. The number of methoxy groups -OCH3 is 1. The van der Waals surface area contributed by atoms with Gasteiger partial charge in [-0.1, -0.05) is 24.3 Å². The van der Waals surface area contributed by atoms with Gasteiger partial charge < -0.3 is 15.2 Å². The summed E-state index contributed by atoms with van der Waals surface area (Å²) in [4.78, 5) is 18.9. The van der Waals surface area contributed by atoms with Gasteiger partial charge in [0.15, 0.2) is 11.5 Å². The lowest BCUT2D eigenvalue weighted by Gasteiger charge is -2.12. The number of nitrogens with one attached hydrogen (secondary N) is 1. The minimum atomic E-state index is -0.141. The first kappa shape index (κ1) is 19.2. The number of anilines is 1. The second-order valence-corrected chi connectivity index (χ2v) is 7.95. The monoisotopic (exact) mass is 406 g/mol. The van der Waals surface area contributed by atoms with Gasteiger partial charge in [-0.2, -0.15) is 0 Å². The summed E-state index contributed by atoms with van der Waals surface area (Å²) in [5, 5.41) is 14.0. The van der Waals surface area contributed by atoms with Crippen LogP contribution in [0, 0.1) is 0 Å². The van der Waals surface area contributed by atoms with Crippen LogP contribution in [-0.4, -0.2) is 24.3 Å². The molecule has 2 aromatic carbocycles. The number of carbonyl (C=O) groups is 1. The molecule has 0 spiro atoms. The Morgan fingerprint density at radius 2 is 1.93 bits per heavy atom. The number of phenols is 1. The number of aliphatic imine (C=N–C) groups is 1. The van der Waals surface area contributed by atoms with E-state index >= 15 is 0 Å². The number of nitrogens with zero attached hydrogens (tertiary/aromatic N) is 1. The zero-order chi connectivity index (χ0) is 20.2. The quantitative estimate of drug-likeness (QED) is 0.562. The van der Waals surface area contributed by atoms with Crippen LogP contribution in [0.15, 0.2) is 53.5 Å². The third-order valence-corrected chi connectivity index (χ3v) is 6.18. The Morgan fingerprint density at radius 3 is 2.72 bits per heavy atom. The minimum Gasteiger partial charge on any atom is -0.504 e. The fourth-order valence-electron chi connectivity index (χ4n) is 3.53. The Labute approximate surface area is 173 Å². The molecule has 2 N–H and O–H groups in total.